The summed E-state index contributed by atoms with van der Waals surface area (Å²) in [5.74, 6) is 1.29. The number of carbonyl (C=O) groups excluding carboxylic acids is 1. The summed E-state index contributed by atoms with van der Waals surface area (Å²) >= 11 is 14.3. The van der Waals surface area contributed by atoms with Gasteiger partial charge in [0.05, 0.1) is 10.7 Å². The maximum absolute atomic E-state index is 12.7. The Morgan fingerprint density at radius 3 is 2.36 bits per heavy atom. The third kappa shape index (κ3) is 5.21. The number of benzene rings is 2. The van der Waals surface area contributed by atoms with Gasteiger partial charge in [-0.3, -0.25) is 4.79 Å². The molecule has 0 bridgehead atoms. The van der Waals surface area contributed by atoms with E-state index in [1.807, 2.05) is 54.6 Å². The Labute approximate surface area is 199 Å². The molecule has 1 saturated carbocycles. The summed E-state index contributed by atoms with van der Waals surface area (Å²) in [5.41, 5.74) is 0.757. The van der Waals surface area contributed by atoms with Crippen molar-refractivity contribution < 1.29 is 14.3 Å². The van der Waals surface area contributed by atoms with Gasteiger partial charge in [-0.1, -0.05) is 108 Å². The van der Waals surface area contributed by atoms with Gasteiger partial charge in [-0.05, 0) is 41.2 Å². The number of halogens is 4. The standard InChI is InChI=1S/C21H20Br4O3/c1-20(2)16(18(22)21(23,24)25)17(20)19(26)27-12-13-7-6-10-15(11-13)28-14-8-4-3-5-9-14/h3-11,16-18H,12H2,1-2H3. The monoisotopic (exact) mass is 636 g/mol. The molecule has 3 unspecified atom stereocenters. The van der Waals surface area contributed by atoms with Gasteiger partial charge in [0, 0.05) is 0 Å². The van der Waals surface area contributed by atoms with E-state index in [1.165, 1.54) is 0 Å². The molecule has 2 aromatic carbocycles. The van der Waals surface area contributed by atoms with Gasteiger partial charge in [0.15, 0.2) is 0 Å². The molecular weight excluding hydrogens is 620 g/mol. The van der Waals surface area contributed by atoms with E-state index in [-0.39, 0.29) is 34.7 Å². The third-order valence-corrected chi connectivity index (χ3v) is 9.63. The van der Waals surface area contributed by atoms with Crippen LogP contribution in [0.2, 0.25) is 0 Å². The van der Waals surface area contributed by atoms with Gasteiger partial charge in [0.2, 0.25) is 0 Å². The van der Waals surface area contributed by atoms with E-state index in [4.69, 9.17) is 9.47 Å². The van der Waals surface area contributed by atoms with E-state index < -0.39 is 2.14 Å². The van der Waals surface area contributed by atoms with Crippen LogP contribution in [-0.4, -0.2) is 12.9 Å². The minimum atomic E-state index is -0.465. The van der Waals surface area contributed by atoms with Gasteiger partial charge in [-0.2, -0.15) is 0 Å². The molecule has 0 saturated heterocycles. The molecule has 0 spiro atoms. The Balaban J connectivity index is 1.60. The number of hydrogen-bond donors (Lipinski definition) is 0. The first-order valence-electron chi connectivity index (χ1n) is 8.80. The Kier molecular flexibility index (Phi) is 7.00. The molecule has 0 aromatic heterocycles. The number of ether oxygens (including phenoxy) is 2. The zero-order valence-corrected chi connectivity index (χ0v) is 21.7. The predicted octanol–water partition coefficient (Wildman–Crippen LogP) is 7.40. The fraction of sp³-hybridized carbons (Fsp3) is 0.381. The molecule has 3 atom stereocenters. The van der Waals surface area contributed by atoms with Crippen molar-refractivity contribution in [2.75, 3.05) is 0 Å². The summed E-state index contributed by atoms with van der Waals surface area (Å²) in [4.78, 5) is 12.7. The first-order valence-corrected chi connectivity index (χ1v) is 12.1. The minimum Gasteiger partial charge on any atom is -0.461 e. The molecule has 0 heterocycles. The molecule has 0 aliphatic heterocycles. The van der Waals surface area contributed by atoms with Gasteiger partial charge in [-0.25, -0.2) is 0 Å². The van der Waals surface area contributed by atoms with Crippen molar-refractivity contribution in [2.24, 2.45) is 17.3 Å². The first-order chi connectivity index (χ1) is 13.1. The van der Waals surface area contributed by atoms with Crippen LogP contribution in [0.4, 0.5) is 0 Å². The molecule has 1 aliphatic rings. The number of para-hydroxylation sites is 1. The fourth-order valence-corrected chi connectivity index (χ4v) is 5.29. The molecular formula is C21H20Br4O3. The van der Waals surface area contributed by atoms with Gasteiger partial charge in [-0.15, -0.1) is 0 Å². The minimum absolute atomic E-state index is 0.0233. The van der Waals surface area contributed by atoms with Crippen LogP contribution in [0.25, 0.3) is 0 Å². The zero-order chi connectivity index (χ0) is 20.5. The molecule has 0 radical (unpaired) electrons. The van der Waals surface area contributed by atoms with E-state index in [1.54, 1.807) is 0 Å². The van der Waals surface area contributed by atoms with Crippen molar-refractivity contribution in [3.8, 4) is 11.5 Å². The molecule has 0 amide bonds. The quantitative estimate of drug-likeness (QED) is 0.244. The van der Waals surface area contributed by atoms with Crippen molar-refractivity contribution in [1.29, 1.82) is 0 Å². The molecule has 3 rings (SSSR count). The summed E-state index contributed by atoms with van der Waals surface area (Å²) < 4.78 is 11.0. The Bertz CT molecular complexity index is 833. The molecule has 3 nitrogen and oxygen atoms in total. The number of esters is 1. The number of carbonyl (C=O) groups is 1. The molecule has 0 N–H and O–H groups in total. The average Bonchev–Trinajstić information content (AvgIpc) is 3.21. The van der Waals surface area contributed by atoms with Gasteiger partial charge in [0.1, 0.15) is 20.2 Å². The van der Waals surface area contributed by atoms with Crippen LogP contribution in [0.1, 0.15) is 19.4 Å². The largest absolute Gasteiger partial charge is 0.461 e. The lowest BCUT2D eigenvalue weighted by Gasteiger charge is -2.20. The van der Waals surface area contributed by atoms with E-state index in [2.05, 4.69) is 77.6 Å². The van der Waals surface area contributed by atoms with Crippen molar-refractivity contribution in [2.45, 2.75) is 27.4 Å². The molecule has 1 aliphatic carbocycles. The van der Waals surface area contributed by atoms with Crippen molar-refractivity contribution in [1.82, 2.24) is 0 Å². The highest BCUT2D eigenvalue weighted by Crippen LogP contribution is 2.66. The average molecular weight is 640 g/mol. The van der Waals surface area contributed by atoms with Crippen molar-refractivity contribution in [3.05, 3.63) is 60.2 Å². The van der Waals surface area contributed by atoms with Crippen LogP contribution in [0.5, 0.6) is 11.5 Å². The van der Waals surface area contributed by atoms with Crippen LogP contribution >= 0.6 is 63.7 Å². The molecule has 2 aromatic rings. The van der Waals surface area contributed by atoms with E-state index in [9.17, 15) is 4.79 Å². The van der Waals surface area contributed by atoms with E-state index >= 15 is 0 Å². The molecule has 1 fully saturated rings. The van der Waals surface area contributed by atoms with Crippen LogP contribution in [-0.2, 0) is 16.1 Å². The van der Waals surface area contributed by atoms with E-state index in [0.717, 1.165) is 11.3 Å². The Hall–Kier alpha value is -0.370. The van der Waals surface area contributed by atoms with Crippen LogP contribution < -0.4 is 4.74 Å². The first kappa shape index (κ1) is 22.3. The SMILES string of the molecule is CC1(C)C(C(=O)OCc2cccc(Oc3ccccc3)c2)C1C(Br)C(Br)(Br)Br. The van der Waals surface area contributed by atoms with Crippen LogP contribution in [0.15, 0.2) is 54.6 Å². The maximum atomic E-state index is 12.7. The smallest absolute Gasteiger partial charge is 0.310 e. The summed E-state index contributed by atoms with van der Waals surface area (Å²) in [6.07, 6.45) is 0. The second kappa shape index (κ2) is 8.78. The highest BCUT2D eigenvalue weighted by atomic mass is 80.0. The summed E-state index contributed by atoms with van der Waals surface area (Å²) in [6, 6.07) is 17.2. The summed E-state index contributed by atoms with van der Waals surface area (Å²) in [6.45, 7) is 4.40. The number of rotatable bonds is 6. The normalized spacial score (nSPS) is 21.6. The maximum Gasteiger partial charge on any atom is 0.310 e. The number of hydrogen-bond acceptors (Lipinski definition) is 3. The topological polar surface area (TPSA) is 35.5 Å². The van der Waals surface area contributed by atoms with Gasteiger partial charge >= 0.3 is 5.97 Å². The third-order valence-electron chi connectivity index (χ3n) is 5.05. The second-order valence-electron chi connectivity index (χ2n) is 7.44. The highest BCUT2D eigenvalue weighted by Gasteiger charge is 2.67. The summed E-state index contributed by atoms with van der Waals surface area (Å²) in [7, 11) is 0. The lowest BCUT2D eigenvalue weighted by atomic mass is 10.1. The highest BCUT2D eigenvalue weighted by molar-refractivity contribution is 9.40. The molecule has 150 valence electrons. The van der Waals surface area contributed by atoms with Gasteiger partial charge in [0.25, 0.3) is 0 Å². The fourth-order valence-electron chi connectivity index (χ4n) is 3.45. The van der Waals surface area contributed by atoms with Crippen LogP contribution in [0.3, 0.4) is 0 Å². The second-order valence-corrected chi connectivity index (χ2v) is 15.4. The van der Waals surface area contributed by atoms with Crippen molar-refractivity contribution in [3.63, 3.8) is 0 Å². The molecule has 7 heteroatoms. The van der Waals surface area contributed by atoms with E-state index in [0.29, 0.717) is 5.75 Å². The Morgan fingerprint density at radius 2 is 1.71 bits per heavy atom. The lowest BCUT2D eigenvalue weighted by Crippen LogP contribution is -2.22. The van der Waals surface area contributed by atoms with Crippen LogP contribution in [0, 0.1) is 17.3 Å². The lowest BCUT2D eigenvalue weighted by molar-refractivity contribution is -0.147. The number of alkyl halides is 4. The van der Waals surface area contributed by atoms with Crippen molar-refractivity contribution >= 4 is 69.7 Å². The zero-order valence-electron chi connectivity index (χ0n) is 15.4. The van der Waals surface area contributed by atoms with Gasteiger partial charge < -0.3 is 9.47 Å². The Morgan fingerprint density at radius 1 is 1.07 bits per heavy atom. The summed E-state index contributed by atoms with van der Waals surface area (Å²) in [5, 5.41) is 0. The molecule has 28 heavy (non-hydrogen) atoms. The predicted molar refractivity (Wildman–Crippen MR) is 126 cm³/mol.